The van der Waals surface area contributed by atoms with Crippen LogP contribution in [0.4, 0.5) is 0 Å². The molecule has 4 heteroatoms. The summed E-state index contributed by atoms with van der Waals surface area (Å²) in [6, 6.07) is 0. The minimum absolute atomic E-state index is 0.142. The lowest BCUT2D eigenvalue weighted by Gasteiger charge is -2.31. The summed E-state index contributed by atoms with van der Waals surface area (Å²) in [6.45, 7) is 4.19. The number of amides is 1. The third-order valence-corrected chi connectivity index (χ3v) is 2.56. The van der Waals surface area contributed by atoms with Crippen LogP contribution in [0, 0.1) is 0 Å². The van der Waals surface area contributed by atoms with Crippen LogP contribution in [0.1, 0.15) is 19.8 Å². The van der Waals surface area contributed by atoms with E-state index in [9.17, 15) is 9.59 Å². The number of hydrogen-bond acceptors (Lipinski definition) is 2. The van der Waals surface area contributed by atoms with Crippen LogP contribution in [0.5, 0.6) is 0 Å². The minimum atomic E-state index is -0.303. The zero-order chi connectivity index (χ0) is 9.90. The van der Waals surface area contributed by atoms with Crippen LogP contribution in [-0.2, 0) is 9.59 Å². The number of hydrogen-bond donors (Lipinski definition) is 1. The van der Waals surface area contributed by atoms with Gasteiger partial charge >= 0.3 is 0 Å². The molecule has 0 aromatic rings. The fourth-order valence-electron chi connectivity index (χ4n) is 2.18. The number of Topliss-reactive ketones (excluding diaryl/α,β-unsaturated/α-hetero) is 1. The van der Waals surface area contributed by atoms with Gasteiger partial charge < -0.3 is 10.2 Å². The van der Waals surface area contributed by atoms with Gasteiger partial charge in [-0.1, -0.05) is 0 Å². The van der Waals surface area contributed by atoms with Gasteiger partial charge in [0, 0.05) is 19.8 Å². The molecule has 0 unspecified atom stereocenters. The number of primary amides is 1. The average Bonchev–Trinajstić information content (AvgIpc) is 2.33. The summed E-state index contributed by atoms with van der Waals surface area (Å²) in [5, 5.41) is 0. The minimum Gasteiger partial charge on any atom is -0.365 e. The van der Waals surface area contributed by atoms with Gasteiger partial charge in [0.25, 0.3) is 5.91 Å². The molecule has 0 aromatic carbocycles. The quantitative estimate of drug-likeness (QED) is 0.610. The first-order valence-electron chi connectivity index (χ1n) is 4.67. The van der Waals surface area contributed by atoms with Crippen molar-refractivity contribution in [2.45, 2.75) is 19.8 Å². The summed E-state index contributed by atoms with van der Waals surface area (Å²) >= 11 is 0. The van der Waals surface area contributed by atoms with Crippen molar-refractivity contribution in [3.8, 4) is 0 Å². The maximum atomic E-state index is 11.0. The highest BCUT2D eigenvalue weighted by Gasteiger charge is 2.34. The molecule has 0 atom stereocenters. The van der Waals surface area contributed by atoms with Crippen molar-refractivity contribution in [2.24, 2.45) is 5.73 Å². The van der Waals surface area contributed by atoms with Crippen molar-refractivity contribution < 1.29 is 14.1 Å². The normalized spacial score (nSPS) is 20.1. The van der Waals surface area contributed by atoms with E-state index >= 15 is 0 Å². The van der Waals surface area contributed by atoms with Crippen LogP contribution in [0.2, 0.25) is 0 Å². The van der Waals surface area contributed by atoms with Crippen LogP contribution < -0.4 is 5.73 Å². The van der Waals surface area contributed by atoms with Crippen molar-refractivity contribution in [3.63, 3.8) is 0 Å². The number of carbonyl (C=O) groups is 2. The van der Waals surface area contributed by atoms with Gasteiger partial charge in [-0.3, -0.25) is 9.59 Å². The second-order valence-electron chi connectivity index (χ2n) is 3.98. The molecule has 0 radical (unpaired) electrons. The van der Waals surface area contributed by atoms with Crippen LogP contribution in [0.15, 0.2) is 0 Å². The van der Waals surface area contributed by atoms with Gasteiger partial charge in [0.1, 0.15) is 6.54 Å². The topological polar surface area (TPSA) is 60.2 Å². The van der Waals surface area contributed by atoms with Gasteiger partial charge in [-0.2, -0.15) is 0 Å². The molecule has 0 aromatic heterocycles. The van der Waals surface area contributed by atoms with E-state index in [-0.39, 0.29) is 11.7 Å². The number of rotatable bonds is 4. The fourth-order valence-corrected chi connectivity index (χ4v) is 2.18. The lowest BCUT2D eigenvalue weighted by atomic mass is 10.3. The summed E-state index contributed by atoms with van der Waals surface area (Å²) in [5.74, 6) is -0.161. The number of carbonyl (C=O) groups excluding carboxylic acids is 2. The third kappa shape index (κ3) is 2.81. The second-order valence-corrected chi connectivity index (χ2v) is 3.98. The summed E-state index contributed by atoms with van der Waals surface area (Å²) in [5.41, 5.74) is 5.17. The molecule has 1 fully saturated rings. The van der Waals surface area contributed by atoms with Crippen LogP contribution in [0.3, 0.4) is 0 Å². The molecular formula is C9H17N2O2+. The Labute approximate surface area is 78.3 Å². The Balaban J connectivity index is 2.62. The lowest BCUT2D eigenvalue weighted by Crippen LogP contribution is -2.52. The first-order valence-corrected chi connectivity index (χ1v) is 4.67. The van der Waals surface area contributed by atoms with Crippen LogP contribution >= 0.6 is 0 Å². The van der Waals surface area contributed by atoms with E-state index in [4.69, 9.17) is 5.73 Å². The first-order chi connectivity index (χ1) is 6.04. The van der Waals surface area contributed by atoms with E-state index < -0.39 is 0 Å². The molecule has 2 N–H and O–H groups in total. The van der Waals surface area contributed by atoms with Gasteiger partial charge in [0.15, 0.2) is 12.3 Å². The SMILES string of the molecule is CC(=O)C[N+]1(CC(N)=O)CCCC1. The highest BCUT2D eigenvalue weighted by atomic mass is 16.1. The molecule has 74 valence electrons. The summed E-state index contributed by atoms with van der Waals surface area (Å²) < 4.78 is 0.588. The third-order valence-electron chi connectivity index (χ3n) is 2.56. The molecular weight excluding hydrogens is 168 g/mol. The van der Waals surface area contributed by atoms with Gasteiger partial charge in [0.05, 0.1) is 13.1 Å². The van der Waals surface area contributed by atoms with Crippen molar-refractivity contribution in [3.05, 3.63) is 0 Å². The summed E-state index contributed by atoms with van der Waals surface area (Å²) in [4.78, 5) is 21.9. The van der Waals surface area contributed by atoms with E-state index in [1.165, 1.54) is 0 Å². The molecule has 1 aliphatic rings. The lowest BCUT2D eigenvalue weighted by molar-refractivity contribution is -0.901. The van der Waals surface area contributed by atoms with Gasteiger partial charge in [-0.05, 0) is 0 Å². The Bertz CT molecular complexity index is 202. The Morgan fingerprint density at radius 1 is 1.23 bits per heavy atom. The zero-order valence-corrected chi connectivity index (χ0v) is 8.08. The number of nitrogens with two attached hydrogens (primary N) is 1. The molecule has 0 aliphatic carbocycles. The van der Waals surface area contributed by atoms with Gasteiger partial charge in [0.2, 0.25) is 0 Å². The number of ketones is 1. The predicted molar refractivity (Wildman–Crippen MR) is 48.8 cm³/mol. The van der Waals surface area contributed by atoms with Crippen molar-refractivity contribution in [2.75, 3.05) is 26.2 Å². The Hall–Kier alpha value is -0.900. The fraction of sp³-hybridized carbons (Fsp3) is 0.778. The highest BCUT2D eigenvalue weighted by molar-refractivity contribution is 5.78. The predicted octanol–water partition coefficient (Wildman–Crippen LogP) is -0.329. The second kappa shape index (κ2) is 3.87. The average molecular weight is 185 g/mol. The Morgan fingerprint density at radius 3 is 2.15 bits per heavy atom. The van der Waals surface area contributed by atoms with E-state index in [1.807, 2.05) is 0 Å². The van der Waals surface area contributed by atoms with E-state index in [2.05, 4.69) is 0 Å². The van der Waals surface area contributed by atoms with Crippen LogP contribution in [-0.4, -0.2) is 42.4 Å². The first kappa shape index (κ1) is 10.2. The molecule has 4 nitrogen and oxygen atoms in total. The Morgan fingerprint density at radius 2 is 1.77 bits per heavy atom. The van der Waals surface area contributed by atoms with Crippen LogP contribution in [0.25, 0.3) is 0 Å². The molecule has 1 amide bonds. The molecule has 0 saturated carbocycles. The zero-order valence-electron chi connectivity index (χ0n) is 8.08. The van der Waals surface area contributed by atoms with Gasteiger partial charge in [-0.15, -0.1) is 0 Å². The number of quaternary nitrogens is 1. The van der Waals surface area contributed by atoms with E-state index in [0.29, 0.717) is 17.6 Å². The monoisotopic (exact) mass is 185 g/mol. The molecule has 1 heterocycles. The van der Waals surface area contributed by atoms with E-state index in [1.54, 1.807) is 6.92 Å². The van der Waals surface area contributed by atoms with Crippen molar-refractivity contribution in [1.29, 1.82) is 0 Å². The Kier molecular flexibility index (Phi) is 3.03. The highest BCUT2D eigenvalue weighted by Crippen LogP contribution is 2.18. The molecule has 0 spiro atoms. The summed E-state index contributed by atoms with van der Waals surface area (Å²) in [6.07, 6.45) is 2.20. The molecule has 1 saturated heterocycles. The molecule has 13 heavy (non-hydrogen) atoms. The summed E-state index contributed by atoms with van der Waals surface area (Å²) in [7, 11) is 0. The number of likely N-dealkylation sites (tertiary alicyclic amines) is 1. The molecule has 1 aliphatic heterocycles. The maximum Gasteiger partial charge on any atom is 0.272 e. The van der Waals surface area contributed by atoms with Gasteiger partial charge in [-0.25, -0.2) is 0 Å². The standard InChI is InChI=1S/C9H16N2O2/c1-8(12)6-11(7-9(10)13)4-2-3-5-11/h2-7H2,1H3,(H-,10,13)/p+1. The van der Waals surface area contributed by atoms with E-state index in [0.717, 1.165) is 25.9 Å². The largest absolute Gasteiger partial charge is 0.365 e. The smallest absolute Gasteiger partial charge is 0.272 e. The molecule has 1 rings (SSSR count). The van der Waals surface area contributed by atoms with Crippen molar-refractivity contribution in [1.82, 2.24) is 0 Å². The van der Waals surface area contributed by atoms with Crippen molar-refractivity contribution >= 4 is 11.7 Å². The maximum absolute atomic E-state index is 11.0. The molecule has 0 bridgehead atoms. The number of nitrogens with zero attached hydrogens (tertiary/aromatic N) is 1.